The van der Waals surface area contributed by atoms with E-state index in [0.29, 0.717) is 6.42 Å². The molecule has 0 bridgehead atoms. The van der Waals surface area contributed by atoms with E-state index < -0.39 is 5.97 Å². The molecule has 0 aliphatic heterocycles. The van der Waals surface area contributed by atoms with Crippen LogP contribution in [-0.2, 0) is 4.79 Å². The number of carboxylic acid groups (broad SMARTS) is 1. The van der Waals surface area contributed by atoms with E-state index in [2.05, 4.69) is 20.8 Å². The normalized spacial score (nSPS) is 11.8. The minimum absolute atomic E-state index is 0.0271. The average molecular weight is 583 g/mol. The van der Waals surface area contributed by atoms with Crippen molar-refractivity contribution < 1.29 is 15.0 Å². The highest BCUT2D eigenvalue weighted by Crippen LogP contribution is 2.15. The third-order valence-corrected chi connectivity index (χ3v) is 8.53. The molecule has 0 aliphatic carbocycles. The van der Waals surface area contributed by atoms with Crippen LogP contribution in [0.5, 0.6) is 0 Å². The summed E-state index contributed by atoms with van der Waals surface area (Å²) in [4.78, 5) is 10.3. The SMILES string of the molecule is CCCCCCCCCCCC(O)CCCCCCCC.CCCCCCCCCCCCCCCCCC(=O)O. The maximum absolute atomic E-state index is 10.3. The second kappa shape index (κ2) is 39.4. The zero-order valence-corrected chi connectivity index (χ0v) is 28.7. The molecule has 3 nitrogen and oxygen atoms in total. The van der Waals surface area contributed by atoms with Gasteiger partial charge in [-0.25, -0.2) is 0 Å². The molecule has 0 saturated heterocycles. The first-order chi connectivity index (χ1) is 20.1. The first kappa shape index (κ1) is 42.6. The molecule has 0 aromatic heterocycles. The first-order valence-corrected chi connectivity index (χ1v) is 19.0. The average Bonchev–Trinajstić information content (AvgIpc) is 2.96. The Balaban J connectivity index is 0. The standard InChI is InChI=1S/C20H42O.C18H36O2/c1-3-5-7-9-11-12-13-15-17-19-20(21)18-16-14-10-8-6-4-2;1-2-3-4-5-6-7-8-9-10-11-12-13-14-15-16-17-18(19)20/h20-21H,3-19H2,1-2H3;2-17H2,1H3,(H,19,20). The number of carbonyl (C=O) groups is 1. The summed E-state index contributed by atoms with van der Waals surface area (Å²) in [6, 6.07) is 0. The van der Waals surface area contributed by atoms with Crippen LogP contribution >= 0.6 is 0 Å². The molecule has 0 spiro atoms. The molecular formula is C38H78O3. The fraction of sp³-hybridized carbons (Fsp3) is 0.974. The summed E-state index contributed by atoms with van der Waals surface area (Å²) in [5, 5.41) is 18.5. The Hall–Kier alpha value is -0.570. The van der Waals surface area contributed by atoms with Crippen LogP contribution in [0.25, 0.3) is 0 Å². The summed E-state index contributed by atoms with van der Waals surface area (Å²) in [6.07, 6.45) is 42.5. The third kappa shape index (κ3) is 44.0. The predicted molar refractivity (Wildman–Crippen MR) is 183 cm³/mol. The monoisotopic (exact) mass is 583 g/mol. The molecule has 0 aromatic rings. The van der Waals surface area contributed by atoms with E-state index >= 15 is 0 Å². The minimum Gasteiger partial charge on any atom is -0.481 e. The van der Waals surface area contributed by atoms with Crippen molar-refractivity contribution in [3.8, 4) is 0 Å². The van der Waals surface area contributed by atoms with Gasteiger partial charge in [-0.1, -0.05) is 207 Å². The summed E-state index contributed by atoms with van der Waals surface area (Å²) in [6.45, 7) is 6.80. The van der Waals surface area contributed by atoms with E-state index in [1.54, 1.807) is 0 Å². The molecule has 0 radical (unpaired) electrons. The van der Waals surface area contributed by atoms with Gasteiger partial charge in [0.1, 0.15) is 0 Å². The van der Waals surface area contributed by atoms with Crippen molar-refractivity contribution in [2.45, 2.75) is 239 Å². The van der Waals surface area contributed by atoms with Crippen LogP contribution < -0.4 is 0 Å². The van der Waals surface area contributed by atoms with Gasteiger partial charge in [0.05, 0.1) is 6.10 Å². The molecule has 1 unspecified atom stereocenters. The molecule has 2 N–H and O–H groups in total. The summed E-state index contributed by atoms with van der Waals surface area (Å²) in [5.74, 6) is -0.653. The molecule has 0 rings (SSSR count). The number of hydrogen-bond donors (Lipinski definition) is 2. The second-order valence-electron chi connectivity index (χ2n) is 12.9. The highest BCUT2D eigenvalue weighted by molar-refractivity contribution is 5.66. The van der Waals surface area contributed by atoms with Crippen LogP contribution in [0, 0.1) is 0 Å². The first-order valence-electron chi connectivity index (χ1n) is 19.0. The van der Waals surface area contributed by atoms with E-state index in [1.165, 1.54) is 180 Å². The molecule has 41 heavy (non-hydrogen) atoms. The Labute approximate surface area is 259 Å². The Morgan fingerprint density at radius 1 is 0.390 bits per heavy atom. The van der Waals surface area contributed by atoms with Gasteiger partial charge in [-0.05, 0) is 19.3 Å². The number of carboxylic acids is 1. The van der Waals surface area contributed by atoms with E-state index in [1.807, 2.05) is 0 Å². The van der Waals surface area contributed by atoms with Crippen LogP contribution in [0.2, 0.25) is 0 Å². The number of unbranched alkanes of at least 4 members (excludes halogenated alkanes) is 27. The predicted octanol–water partition coefficient (Wildman–Crippen LogP) is 13.4. The van der Waals surface area contributed by atoms with Crippen LogP contribution in [0.4, 0.5) is 0 Å². The van der Waals surface area contributed by atoms with Crippen molar-refractivity contribution in [1.82, 2.24) is 0 Å². The fourth-order valence-electron chi connectivity index (χ4n) is 5.64. The lowest BCUT2D eigenvalue weighted by Gasteiger charge is -2.10. The van der Waals surface area contributed by atoms with Gasteiger partial charge in [0.2, 0.25) is 0 Å². The lowest BCUT2D eigenvalue weighted by molar-refractivity contribution is -0.137. The molecule has 0 amide bonds. The van der Waals surface area contributed by atoms with Gasteiger partial charge in [0.25, 0.3) is 0 Å². The van der Waals surface area contributed by atoms with Crippen LogP contribution in [0.15, 0.2) is 0 Å². The Kier molecular flexibility index (Phi) is 40.9. The van der Waals surface area contributed by atoms with Gasteiger partial charge in [0.15, 0.2) is 0 Å². The van der Waals surface area contributed by atoms with Crippen LogP contribution in [0.1, 0.15) is 233 Å². The molecular weight excluding hydrogens is 504 g/mol. The highest BCUT2D eigenvalue weighted by Gasteiger charge is 2.03. The maximum Gasteiger partial charge on any atom is 0.303 e. The van der Waals surface area contributed by atoms with Gasteiger partial charge in [-0.2, -0.15) is 0 Å². The molecule has 0 fully saturated rings. The van der Waals surface area contributed by atoms with Crippen molar-refractivity contribution in [2.24, 2.45) is 0 Å². The summed E-state index contributed by atoms with van der Waals surface area (Å²) < 4.78 is 0. The van der Waals surface area contributed by atoms with E-state index in [-0.39, 0.29) is 6.10 Å². The van der Waals surface area contributed by atoms with E-state index in [9.17, 15) is 9.90 Å². The van der Waals surface area contributed by atoms with Gasteiger partial charge >= 0.3 is 5.97 Å². The van der Waals surface area contributed by atoms with Crippen molar-refractivity contribution in [3.05, 3.63) is 0 Å². The summed E-state index contributed by atoms with van der Waals surface area (Å²) in [5.41, 5.74) is 0. The van der Waals surface area contributed by atoms with Crippen LogP contribution in [0.3, 0.4) is 0 Å². The van der Waals surface area contributed by atoms with E-state index in [0.717, 1.165) is 25.7 Å². The quantitative estimate of drug-likeness (QED) is 0.0756. The van der Waals surface area contributed by atoms with Gasteiger partial charge < -0.3 is 10.2 Å². The van der Waals surface area contributed by atoms with Gasteiger partial charge in [-0.15, -0.1) is 0 Å². The highest BCUT2D eigenvalue weighted by atomic mass is 16.4. The van der Waals surface area contributed by atoms with Crippen molar-refractivity contribution in [2.75, 3.05) is 0 Å². The Morgan fingerprint density at radius 3 is 0.854 bits per heavy atom. The van der Waals surface area contributed by atoms with Crippen molar-refractivity contribution in [3.63, 3.8) is 0 Å². The lowest BCUT2D eigenvalue weighted by Crippen LogP contribution is -2.05. The second-order valence-corrected chi connectivity index (χ2v) is 12.9. The maximum atomic E-state index is 10.3. The molecule has 0 aromatic carbocycles. The van der Waals surface area contributed by atoms with E-state index in [4.69, 9.17) is 5.11 Å². The number of aliphatic hydroxyl groups excluding tert-OH is 1. The number of aliphatic carboxylic acids is 1. The molecule has 0 heterocycles. The number of hydrogen-bond acceptors (Lipinski definition) is 2. The number of aliphatic hydroxyl groups is 1. The Morgan fingerprint density at radius 2 is 0.610 bits per heavy atom. The number of rotatable bonds is 33. The smallest absolute Gasteiger partial charge is 0.303 e. The zero-order chi connectivity index (χ0) is 30.5. The molecule has 3 heteroatoms. The summed E-state index contributed by atoms with van der Waals surface area (Å²) in [7, 11) is 0. The zero-order valence-electron chi connectivity index (χ0n) is 28.7. The van der Waals surface area contributed by atoms with Crippen molar-refractivity contribution >= 4 is 5.97 Å². The molecule has 0 aliphatic rings. The minimum atomic E-state index is -0.653. The topological polar surface area (TPSA) is 57.5 Å². The molecule has 0 saturated carbocycles. The third-order valence-electron chi connectivity index (χ3n) is 8.53. The summed E-state index contributed by atoms with van der Waals surface area (Å²) >= 11 is 0. The molecule has 1 atom stereocenters. The van der Waals surface area contributed by atoms with Gasteiger partial charge in [0, 0.05) is 6.42 Å². The molecule has 248 valence electrons. The van der Waals surface area contributed by atoms with Gasteiger partial charge in [-0.3, -0.25) is 4.79 Å². The van der Waals surface area contributed by atoms with Crippen molar-refractivity contribution in [1.29, 1.82) is 0 Å². The Bertz CT molecular complexity index is 464. The lowest BCUT2D eigenvalue weighted by atomic mass is 10.0. The largest absolute Gasteiger partial charge is 0.481 e. The fourth-order valence-corrected chi connectivity index (χ4v) is 5.64. The van der Waals surface area contributed by atoms with Crippen LogP contribution in [-0.4, -0.2) is 22.3 Å².